The zero-order valence-corrected chi connectivity index (χ0v) is 9.57. The second kappa shape index (κ2) is 5.52. The largest absolute Gasteiger partial charge is 0.389 e. The van der Waals surface area contributed by atoms with Gasteiger partial charge in [-0.3, -0.25) is 0 Å². The van der Waals surface area contributed by atoms with Crippen molar-refractivity contribution in [2.45, 2.75) is 26.9 Å². The molecule has 0 aliphatic rings. The van der Waals surface area contributed by atoms with Gasteiger partial charge in [-0.25, -0.2) is 0 Å². The van der Waals surface area contributed by atoms with Crippen LogP contribution in [0.15, 0.2) is 42.5 Å². The van der Waals surface area contributed by atoms with E-state index in [1.165, 1.54) is 10.8 Å². The second-order valence-electron chi connectivity index (χ2n) is 3.28. The third-order valence-electron chi connectivity index (χ3n) is 2.26. The fourth-order valence-corrected chi connectivity index (χ4v) is 1.47. The summed E-state index contributed by atoms with van der Waals surface area (Å²) in [6.45, 7) is 5.78. The molecule has 0 aromatic heterocycles. The van der Waals surface area contributed by atoms with Gasteiger partial charge in [0.15, 0.2) is 0 Å². The SMILES string of the molecule is CC.CC(O)c1ccc2ccccc2c1. The predicted octanol–water partition coefficient (Wildman–Crippen LogP) is 3.92. The van der Waals surface area contributed by atoms with Crippen LogP contribution >= 0.6 is 0 Å². The van der Waals surface area contributed by atoms with Gasteiger partial charge >= 0.3 is 0 Å². The number of aliphatic hydroxyl groups is 1. The number of aliphatic hydroxyl groups excluding tert-OH is 1. The summed E-state index contributed by atoms with van der Waals surface area (Å²) in [5.41, 5.74) is 0.971. The second-order valence-corrected chi connectivity index (χ2v) is 3.28. The van der Waals surface area contributed by atoms with E-state index in [9.17, 15) is 5.11 Å². The maximum atomic E-state index is 9.38. The van der Waals surface area contributed by atoms with E-state index >= 15 is 0 Å². The van der Waals surface area contributed by atoms with Gasteiger partial charge in [0.2, 0.25) is 0 Å². The number of fused-ring (bicyclic) bond motifs is 1. The van der Waals surface area contributed by atoms with Crippen molar-refractivity contribution in [1.82, 2.24) is 0 Å². The van der Waals surface area contributed by atoms with Gasteiger partial charge in [0.25, 0.3) is 0 Å². The summed E-state index contributed by atoms with van der Waals surface area (Å²) < 4.78 is 0. The number of benzene rings is 2. The van der Waals surface area contributed by atoms with Crippen molar-refractivity contribution in [2.24, 2.45) is 0 Å². The molecule has 1 unspecified atom stereocenters. The Bertz CT molecular complexity index is 418. The van der Waals surface area contributed by atoms with Crippen molar-refractivity contribution in [1.29, 1.82) is 0 Å². The first-order valence-electron chi connectivity index (χ1n) is 5.44. The van der Waals surface area contributed by atoms with Crippen molar-refractivity contribution >= 4 is 10.8 Å². The summed E-state index contributed by atoms with van der Waals surface area (Å²) in [4.78, 5) is 0. The summed E-state index contributed by atoms with van der Waals surface area (Å²) in [6, 6.07) is 14.2. The standard InChI is InChI=1S/C12H12O.C2H6/c1-9(13)11-7-6-10-4-2-3-5-12(10)8-11;1-2/h2-9,13H,1H3;1-2H3. The van der Waals surface area contributed by atoms with Crippen molar-refractivity contribution in [3.05, 3.63) is 48.0 Å². The Morgan fingerprint density at radius 2 is 1.53 bits per heavy atom. The van der Waals surface area contributed by atoms with Crippen LogP contribution in [0.3, 0.4) is 0 Å². The van der Waals surface area contributed by atoms with Gasteiger partial charge in [-0.15, -0.1) is 0 Å². The molecular formula is C14H18O. The molecule has 0 heterocycles. The van der Waals surface area contributed by atoms with Gasteiger partial charge in [0.05, 0.1) is 6.10 Å². The van der Waals surface area contributed by atoms with E-state index in [-0.39, 0.29) is 6.10 Å². The van der Waals surface area contributed by atoms with Gasteiger partial charge in [-0.05, 0) is 29.3 Å². The minimum atomic E-state index is -0.385. The maximum absolute atomic E-state index is 9.38. The Morgan fingerprint density at radius 3 is 2.13 bits per heavy atom. The van der Waals surface area contributed by atoms with E-state index < -0.39 is 0 Å². The van der Waals surface area contributed by atoms with Gasteiger partial charge in [0, 0.05) is 0 Å². The molecule has 1 N–H and O–H groups in total. The summed E-state index contributed by atoms with van der Waals surface area (Å²) in [6.07, 6.45) is -0.385. The third-order valence-corrected chi connectivity index (χ3v) is 2.26. The van der Waals surface area contributed by atoms with Gasteiger partial charge < -0.3 is 5.11 Å². The molecule has 0 saturated heterocycles. The summed E-state index contributed by atoms with van der Waals surface area (Å²) in [7, 11) is 0. The monoisotopic (exact) mass is 202 g/mol. The van der Waals surface area contributed by atoms with Crippen LogP contribution in [-0.4, -0.2) is 5.11 Å². The highest BCUT2D eigenvalue weighted by Crippen LogP contribution is 2.19. The number of hydrogen-bond donors (Lipinski definition) is 1. The highest BCUT2D eigenvalue weighted by atomic mass is 16.3. The van der Waals surface area contributed by atoms with Crippen LogP contribution in [0.2, 0.25) is 0 Å². The Balaban J connectivity index is 0.000000531. The van der Waals surface area contributed by atoms with Crippen LogP contribution < -0.4 is 0 Å². The molecule has 2 aromatic rings. The Kier molecular flexibility index (Phi) is 4.32. The van der Waals surface area contributed by atoms with E-state index in [0.29, 0.717) is 0 Å². The lowest BCUT2D eigenvalue weighted by Gasteiger charge is -2.05. The zero-order chi connectivity index (χ0) is 11.3. The van der Waals surface area contributed by atoms with E-state index in [1.807, 2.05) is 44.2 Å². The third kappa shape index (κ3) is 2.80. The highest BCUT2D eigenvalue weighted by molar-refractivity contribution is 5.83. The molecule has 80 valence electrons. The smallest absolute Gasteiger partial charge is 0.0762 e. The van der Waals surface area contributed by atoms with E-state index in [4.69, 9.17) is 0 Å². The summed E-state index contributed by atoms with van der Waals surface area (Å²) in [5, 5.41) is 11.8. The molecule has 1 heteroatoms. The fraction of sp³-hybridized carbons (Fsp3) is 0.286. The highest BCUT2D eigenvalue weighted by Gasteiger charge is 2.00. The van der Waals surface area contributed by atoms with Crippen LogP contribution in [0, 0.1) is 0 Å². The van der Waals surface area contributed by atoms with Crippen molar-refractivity contribution in [3.8, 4) is 0 Å². The van der Waals surface area contributed by atoms with E-state index in [1.54, 1.807) is 6.92 Å². The lowest BCUT2D eigenvalue weighted by Crippen LogP contribution is -1.89. The van der Waals surface area contributed by atoms with Gasteiger partial charge in [-0.1, -0.05) is 50.2 Å². The minimum Gasteiger partial charge on any atom is -0.389 e. The molecule has 0 bridgehead atoms. The van der Waals surface area contributed by atoms with E-state index in [2.05, 4.69) is 12.1 Å². The van der Waals surface area contributed by atoms with Crippen LogP contribution in [0.4, 0.5) is 0 Å². The summed E-state index contributed by atoms with van der Waals surface area (Å²) in [5.74, 6) is 0. The van der Waals surface area contributed by atoms with Crippen LogP contribution in [-0.2, 0) is 0 Å². The Morgan fingerprint density at radius 1 is 0.933 bits per heavy atom. The zero-order valence-electron chi connectivity index (χ0n) is 9.57. The molecule has 0 aliphatic carbocycles. The normalized spacial score (nSPS) is 11.7. The fourth-order valence-electron chi connectivity index (χ4n) is 1.47. The van der Waals surface area contributed by atoms with Crippen LogP contribution in [0.25, 0.3) is 10.8 Å². The molecule has 0 radical (unpaired) electrons. The Labute approximate surface area is 91.4 Å². The molecule has 15 heavy (non-hydrogen) atoms. The molecule has 1 atom stereocenters. The lowest BCUT2D eigenvalue weighted by atomic mass is 10.0. The minimum absolute atomic E-state index is 0.385. The quantitative estimate of drug-likeness (QED) is 0.743. The molecule has 0 amide bonds. The molecule has 2 rings (SSSR count). The predicted molar refractivity (Wildman–Crippen MR) is 65.9 cm³/mol. The van der Waals surface area contributed by atoms with Crippen molar-refractivity contribution in [2.75, 3.05) is 0 Å². The first kappa shape index (κ1) is 11.7. The van der Waals surface area contributed by atoms with Crippen molar-refractivity contribution in [3.63, 3.8) is 0 Å². The topological polar surface area (TPSA) is 20.2 Å². The van der Waals surface area contributed by atoms with Crippen LogP contribution in [0.1, 0.15) is 32.4 Å². The van der Waals surface area contributed by atoms with Gasteiger partial charge in [0.1, 0.15) is 0 Å². The van der Waals surface area contributed by atoms with Crippen LogP contribution in [0.5, 0.6) is 0 Å². The van der Waals surface area contributed by atoms with E-state index in [0.717, 1.165) is 5.56 Å². The van der Waals surface area contributed by atoms with Gasteiger partial charge in [-0.2, -0.15) is 0 Å². The Hall–Kier alpha value is -1.34. The first-order valence-corrected chi connectivity index (χ1v) is 5.44. The molecule has 0 saturated carbocycles. The molecule has 0 spiro atoms. The average molecular weight is 202 g/mol. The first-order chi connectivity index (χ1) is 7.27. The average Bonchev–Trinajstić information content (AvgIpc) is 2.31. The molecular weight excluding hydrogens is 184 g/mol. The maximum Gasteiger partial charge on any atom is 0.0762 e. The lowest BCUT2D eigenvalue weighted by molar-refractivity contribution is 0.199. The molecule has 2 aromatic carbocycles. The number of hydrogen-bond acceptors (Lipinski definition) is 1. The molecule has 1 nitrogen and oxygen atoms in total. The van der Waals surface area contributed by atoms with Crippen molar-refractivity contribution < 1.29 is 5.11 Å². The molecule has 0 fully saturated rings. The number of rotatable bonds is 1. The summed E-state index contributed by atoms with van der Waals surface area (Å²) >= 11 is 0. The molecule has 0 aliphatic heterocycles.